The third kappa shape index (κ3) is 2.23. The first-order chi connectivity index (χ1) is 7.07. The van der Waals surface area contributed by atoms with Crippen molar-refractivity contribution >= 4 is 5.69 Å². The number of nitriles is 1. The summed E-state index contributed by atoms with van der Waals surface area (Å²) >= 11 is 0. The Bertz CT molecular complexity index is 435. The number of hydrogen-bond donors (Lipinski definition) is 0. The van der Waals surface area contributed by atoms with E-state index in [1.54, 1.807) is 19.9 Å². The first-order valence-electron chi connectivity index (χ1n) is 4.32. The van der Waals surface area contributed by atoms with E-state index in [1.807, 2.05) is 6.07 Å². The molecule has 5 nitrogen and oxygen atoms in total. The van der Waals surface area contributed by atoms with Gasteiger partial charge in [0.15, 0.2) is 6.61 Å². The Kier molecular flexibility index (Phi) is 3.24. The molecule has 5 heteroatoms. The van der Waals surface area contributed by atoms with E-state index in [2.05, 4.69) is 0 Å². The van der Waals surface area contributed by atoms with Crippen LogP contribution in [0.15, 0.2) is 12.1 Å². The van der Waals surface area contributed by atoms with E-state index in [0.29, 0.717) is 11.3 Å². The zero-order valence-corrected chi connectivity index (χ0v) is 8.48. The number of benzene rings is 1. The molecular formula is C10H10N2O3. The quantitative estimate of drug-likeness (QED) is 0.560. The highest BCUT2D eigenvalue weighted by atomic mass is 16.6. The topological polar surface area (TPSA) is 76.2 Å². The highest BCUT2D eigenvalue weighted by Gasteiger charge is 2.16. The van der Waals surface area contributed by atoms with E-state index in [0.717, 1.165) is 5.56 Å². The lowest BCUT2D eigenvalue weighted by molar-refractivity contribution is -0.385. The molecule has 0 spiro atoms. The molecule has 0 aromatic heterocycles. The number of aryl methyl sites for hydroxylation is 1. The van der Waals surface area contributed by atoms with E-state index in [1.165, 1.54) is 6.07 Å². The van der Waals surface area contributed by atoms with Gasteiger partial charge in [0.05, 0.1) is 10.5 Å². The number of nitro groups is 1. The minimum absolute atomic E-state index is 0.00791. The molecule has 0 unspecified atom stereocenters. The first-order valence-corrected chi connectivity index (χ1v) is 4.32. The number of nitrogens with zero attached hydrogens (tertiary/aromatic N) is 2. The highest BCUT2D eigenvalue weighted by Crippen LogP contribution is 2.30. The van der Waals surface area contributed by atoms with Crippen LogP contribution < -0.4 is 4.74 Å². The van der Waals surface area contributed by atoms with Crippen LogP contribution in [0, 0.1) is 35.3 Å². The molecule has 15 heavy (non-hydrogen) atoms. The summed E-state index contributed by atoms with van der Waals surface area (Å²) in [6, 6.07) is 4.87. The van der Waals surface area contributed by atoms with Gasteiger partial charge in [0, 0.05) is 6.07 Å². The molecular weight excluding hydrogens is 196 g/mol. The Morgan fingerprint density at radius 2 is 2.20 bits per heavy atom. The normalized spacial score (nSPS) is 9.40. The summed E-state index contributed by atoms with van der Waals surface area (Å²) < 4.78 is 5.14. The van der Waals surface area contributed by atoms with Crippen molar-refractivity contribution in [1.82, 2.24) is 0 Å². The maximum absolute atomic E-state index is 10.6. The summed E-state index contributed by atoms with van der Waals surface area (Å²) in [6.07, 6.45) is 0. The summed E-state index contributed by atoms with van der Waals surface area (Å²) in [5.74, 6) is 0.422. The summed E-state index contributed by atoms with van der Waals surface area (Å²) in [5, 5.41) is 19.0. The summed E-state index contributed by atoms with van der Waals surface area (Å²) in [6.45, 7) is 3.28. The molecule has 0 fully saturated rings. The van der Waals surface area contributed by atoms with E-state index < -0.39 is 4.92 Å². The predicted octanol–water partition coefficient (Wildman–Crippen LogP) is 2.11. The fraction of sp³-hybridized carbons (Fsp3) is 0.300. The third-order valence-corrected chi connectivity index (χ3v) is 2.05. The van der Waals surface area contributed by atoms with E-state index in [4.69, 9.17) is 10.00 Å². The van der Waals surface area contributed by atoms with Crippen LogP contribution in [0.1, 0.15) is 11.1 Å². The maximum Gasteiger partial charge on any atom is 0.276 e. The zero-order chi connectivity index (χ0) is 11.4. The lowest BCUT2D eigenvalue weighted by atomic mass is 10.1. The Hall–Kier alpha value is -2.09. The number of nitro benzene ring substituents is 1. The number of rotatable bonds is 3. The third-order valence-electron chi connectivity index (χ3n) is 2.05. The fourth-order valence-corrected chi connectivity index (χ4v) is 1.34. The van der Waals surface area contributed by atoms with Crippen molar-refractivity contribution in [2.24, 2.45) is 0 Å². The molecule has 0 saturated carbocycles. The lowest BCUT2D eigenvalue weighted by Crippen LogP contribution is -2.01. The molecule has 0 heterocycles. The second-order valence-corrected chi connectivity index (χ2v) is 3.06. The van der Waals surface area contributed by atoms with Crippen molar-refractivity contribution in [2.75, 3.05) is 6.61 Å². The molecule has 0 atom stereocenters. The van der Waals surface area contributed by atoms with Crippen molar-refractivity contribution in [3.05, 3.63) is 33.4 Å². The molecule has 0 aliphatic heterocycles. The van der Waals surface area contributed by atoms with Gasteiger partial charge < -0.3 is 4.74 Å². The molecule has 0 bridgehead atoms. The monoisotopic (exact) mass is 206 g/mol. The van der Waals surface area contributed by atoms with Crippen molar-refractivity contribution in [3.63, 3.8) is 0 Å². The maximum atomic E-state index is 10.6. The molecule has 0 saturated heterocycles. The lowest BCUT2D eigenvalue weighted by Gasteiger charge is -2.09. The Labute approximate surface area is 87.1 Å². The minimum Gasteiger partial charge on any atom is -0.478 e. The molecule has 0 aliphatic carbocycles. The fourth-order valence-electron chi connectivity index (χ4n) is 1.34. The summed E-state index contributed by atoms with van der Waals surface area (Å²) in [5.41, 5.74) is 1.25. The van der Waals surface area contributed by atoms with Gasteiger partial charge in [0.2, 0.25) is 0 Å². The molecule has 1 rings (SSSR count). The van der Waals surface area contributed by atoms with Gasteiger partial charge in [-0.15, -0.1) is 0 Å². The summed E-state index contributed by atoms with van der Waals surface area (Å²) in [7, 11) is 0. The predicted molar refractivity (Wildman–Crippen MR) is 53.7 cm³/mol. The van der Waals surface area contributed by atoms with E-state index in [-0.39, 0.29) is 12.3 Å². The van der Waals surface area contributed by atoms with Gasteiger partial charge in [-0.2, -0.15) is 5.26 Å². The average Bonchev–Trinajstić information content (AvgIpc) is 2.17. The first kappa shape index (κ1) is 11.0. The van der Waals surface area contributed by atoms with Crippen LogP contribution in [-0.4, -0.2) is 11.5 Å². The Morgan fingerprint density at radius 3 is 2.73 bits per heavy atom. The SMILES string of the molecule is Cc1ccc([N+](=O)[O-])c(C)c1OCC#N. The average molecular weight is 206 g/mol. The van der Waals surface area contributed by atoms with Gasteiger partial charge in [0.1, 0.15) is 11.8 Å². The van der Waals surface area contributed by atoms with Crippen molar-refractivity contribution in [2.45, 2.75) is 13.8 Å². The summed E-state index contributed by atoms with van der Waals surface area (Å²) in [4.78, 5) is 10.2. The minimum atomic E-state index is -0.464. The van der Waals surface area contributed by atoms with Crippen molar-refractivity contribution < 1.29 is 9.66 Å². The van der Waals surface area contributed by atoms with Gasteiger partial charge in [-0.25, -0.2) is 0 Å². The van der Waals surface area contributed by atoms with Crippen LogP contribution in [0.3, 0.4) is 0 Å². The molecule has 0 amide bonds. The molecule has 1 aromatic rings. The zero-order valence-electron chi connectivity index (χ0n) is 8.48. The number of hydrogen-bond acceptors (Lipinski definition) is 4. The van der Waals surface area contributed by atoms with E-state index >= 15 is 0 Å². The largest absolute Gasteiger partial charge is 0.478 e. The van der Waals surface area contributed by atoms with Crippen LogP contribution in [0.4, 0.5) is 5.69 Å². The van der Waals surface area contributed by atoms with Crippen LogP contribution in [0.5, 0.6) is 5.75 Å². The molecule has 0 aliphatic rings. The Balaban J connectivity index is 3.19. The van der Waals surface area contributed by atoms with Gasteiger partial charge in [-0.05, 0) is 25.5 Å². The number of ether oxygens (including phenoxy) is 1. The van der Waals surface area contributed by atoms with Gasteiger partial charge in [0.25, 0.3) is 5.69 Å². The van der Waals surface area contributed by atoms with Gasteiger partial charge in [-0.3, -0.25) is 10.1 Å². The molecule has 0 N–H and O–H groups in total. The Morgan fingerprint density at radius 1 is 1.53 bits per heavy atom. The molecule has 0 radical (unpaired) electrons. The van der Waals surface area contributed by atoms with Crippen LogP contribution in [-0.2, 0) is 0 Å². The van der Waals surface area contributed by atoms with Crippen LogP contribution >= 0.6 is 0 Å². The second-order valence-electron chi connectivity index (χ2n) is 3.06. The van der Waals surface area contributed by atoms with Gasteiger partial charge in [-0.1, -0.05) is 0 Å². The van der Waals surface area contributed by atoms with Crippen molar-refractivity contribution in [1.29, 1.82) is 5.26 Å². The van der Waals surface area contributed by atoms with Crippen LogP contribution in [0.25, 0.3) is 0 Å². The highest BCUT2D eigenvalue weighted by molar-refractivity contribution is 5.52. The van der Waals surface area contributed by atoms with Crippen molar-refractivity contribution in [3.8, 4) is 11.8 Å². The van der Waals surface area contributed by atoms with Gasteiger partial charge >= 0.3 is 0 Å². The van der Waals surface area contributed by atoms with Crippen LogP contribution in [0.2, 0.25) is 0 Å². The molecule has 1 aromatic carbocycles. The van der Waals surface area contributed by atoms with E-state index in [9.17, 15) is 10.1 Å². The second kappa shape index (κ2) is 4.42. The smallest absolute Gasteiger partial charge is 0.276 e. The molecule has 78 valence electrons. The standard InChI is InChI=1S/C10H10N2O3/c1-7-3-4-9(12(13)14)8(2)10(7)15-6-5-11/h3-4H,6H2,1-2H3.